The molecule has 7 heteroatoms. The first-order chi connectivity index (χ1) is 16.2. The molecule has 2 aliphatic carbocycles. The van der Waals surface area contributed by atoms with Gasteiger partial charge in [-0.2, -0.15) is 0 Å². The summed E-state index contributed by atoms with van der Waals surface area (Å²) in [6, 6.07) is 2.03. The fourth-order valence-electron chi connectivity index (χ4n) is 5.11. The summed E-state index contributed by atoms with van der Waals surface area (Å²) in [6.45, 7) is 9.20. The van der Waals surface area contributed by atoms with Gasteiger partial charge in [-0.05, 0) is 70.0 Å². The van der Waals surface area contributed by atoms with Crippen molar-refractivity contribution in [3.8, 4) is 0 Å². The first-order valence-electron chi connectivity index (χ1n) is 14.0. The van der Waals surface area contributed by atoms with Gasteiger partial charge in [-0.25, -0.2) is 0 Å². The van der Waals surface area contributed by atoms with E-state index >= 15 is 0 Å². The Morgan fingerprint density at radius 3 is 1.58 bits per heavy atom. The molecule has 2 fully saturated rings. The van der Waals surface area contributed by atoms with E-state index in [0.29, 0.717) is 38.5 Å². The second-order valence-electron chi connectivity index (χ2n) is 9.79. The highest BCUT2D eigenvalue weighted by Crippen LogP contribution is 2.31. The molecular weight excluding hydrogens is 450 g/mol. The van der Waals surface area contributed by atoms with Crippen LogP contribution >= 0.6 is 12.2 Å². The molecular formula is C26H51NO4SSi. The Morgan fingerprint density at radius 2 is 1.15 bits per heavy atom. The number of hydrogen-bond acceptors (Lipinski definition) is 5. The van der Waals surface area contributed by atoms with Crippen molar-refractivity contribution in [2.75, 3.05) is 26.4 Å². The third kappa shape index (κ3) is 10.5. The third-order valence-electron chi connectivity index (χ3n) is 6.83. The Labute approximate surface area is 210 Å². The van der Waals surface area contributed by atoms with Gasteiger partial charge in [0.05, 0.1) is 6.61 Å². The minimum absolute atomic E-state index is 0.585. The van der Waals surface area contributed by atoms with Crippen LogP contribution in [0.25, 0.3) is 0 Å². The van der Waals surface area contributed by atoms with Crippen molar-refractivity contribution in [3.05, 3.63) is 0 Å². The summed E-state index contributed by atoms with van der Waals surface area (Å²) in [4.78, 5) is 2.52. The number of nitrogens with zero attached hydrogens (tertiary/aromatic N) is 1. The first-order valence-corrected chi connectivity index (χ1v) is 16.4. The van der Waals surface area contributed by atoms with Crippen molar-refractivity contribution < 1.29 is 18.0 Å². The molecule has 0 bridgehead atoms. The molecule has 0 N–H and O–H groups in total. The van der Waals surface area contributed by atoms with Crippen LogP contribution in [0.4, 0.5) is 0 Å². The summed E-state index contributed by atoms with van der Waals surface area (Å²) in [5, 5.41) is 0.754. The molecule has 0 aromatic rings. The van der Waals surface area contributed by atoms with E-state index in [1.807, 2.05) is 0 Å². The van der Waals surface area contributed by atoms with Crippen LogP contribution in [0.1, 0.15) is 117 Å². The van der Waals surface area contributed by atoms with Crippen molar-refractivity contribution in [2.45, 2.75) is 135 Å². The summed E-state index contributed by atoms with van der Waals surface area (Å²) in [7, 11) is -2.61. The molecule has 0 aromatic heterocycles. The average Bonchev–Trinajstić information content (AvgIpc) is 2.86. The predicted octanol–water partition coefficient (Wildman–Crippen LogP) is 7.25. The number of hydrogen-bond donors (Lipinski definition) is 0. The predicted molar refractivity (Wildman–Crippen MR) is 143 cm³/mol. The Bertz CT molecular complexity index is 473. The molecule has 33 heavy (non-hydrogen) atoms. The molecule has 0 radical (unpaired) electrons. The maximum absolute atomic E-state index is 6.23. The van der Waals surface area contributed by atoms with E-state index in [0.717, 1.165) is 43.3 Å². The van der Waals surface area contributed by atoms with Gasteiger partial charge in [-0.3, -0.25) is 0 Å². The third-order valence-corrected chi connectivity index (χ3v) is 10.1. The lowest BCUT2D eigenvalue weighted by atomic mass is 9.89. The van der Waals surface area contributed by atoms with E-state index in [4.69, 9.17) is 30.2 Å². The smallest absolute Gasteiger partial charge is 0.471 e. The van der Waals surface area contributed by atoms with Gasteiger partial charge >= 0.3 is 8.80 Å². The Morgan fingerprint density at radius 1 is 0.697 bits per heavy atom. The lowest BCUT2D eigenvalue weighted by Gasteiger charge is -2.42. The molecule has 0 aromatic carbocycles. The summed E-state index contributed by atoms with van der Waals surface area (Å²) in [5.41, 5.74) is 0. The van der Waals surface area contributed by atoms with Crippen LogP contribution in [0.15, 0.2) is 0 Å². The molecule has 0 spiro atoms. The number of ether oxygens (including phenoxy) is 1. The summed E-state index contributed by atoms with van der Waals surface area (Å²) >= 11 is 5.87. The van der Waals surface area contributed by atoms with E-state index in [9.17, 15) is 0 Å². The largest absolute Gasteiger partial charge is 0.500 e. The second-order valence-corrected chi connectivity index (χ2v) is 12.9. The van der Waals surface area contributed by atoms with Crippen LogP contribution in [0.3, 0.4) is 0 Å². The quantitative estimate of drug-likeness (QED) is 0.126. The minimum Gasteiger partial charge on any atom is -0.471 e. The van der Waals surface area contributed by atoms with E-state index in [1.54, 1.807) is 0 Å². The fourth-order valence-corrected chi connectivity index (χ4v) is 8.40. The Hall–Kier alpha value is -0.213. The van der Waals surface area contributed by atoms with Crippen LogP contribution < -0.4 is 0 Å². The highest BCUT2D eigenvalue weighted by molar-refractivity contribution is 7.80. The van der Waals surface area contributed by atoms with Crippen molar-refractivity contribution in [1.82, 2.24) is 4.90 Å². The highest BCUT2D eigenvalue weighted by Gasteiger charge is 2.40. The van der Waals surface area contributed by atoms with Gasteiger partial charge in [-0.1, -0.05) is 59.3 Å². The zero-order chi connectivity index (χ0) is 23.8. The molecule has 0 amide bonds. The van der Waals surface area contributed by atoms with Gasteiger partial charge in [0, 0.05) is 37.9 Å². The maximum Gasteiger partial charge on any atom is 0.500 e. The van der Waals surface area contributed by atoms with Crippen molar-refractivity contribution in [3.63, 3.8) is 0 Å². The Balaban J connectivity index is 1.85. The van der Waals surface area contributed by atoms with E-state index in [2.05, 4.69) is 25.7 Å². The van der Waals surface area contributed by atoms with E-state index in [1.165, 1.54) is 64.2 Å². The zero-order valence-corrected chi connectivity index (χ0v) is 23.6. The monoisotopic (exact) mass is 501 g/mol. The minimum atomic E-state index is -2.61. The fraction of sp³-hybridized carbons (Fsp3) is 0.962. The Kier molecular flexibility index (Phi) is 15.2. The molecule has 194 valence electrons. The first kappa shape index (κ1) is 29.0. The molecule has 2 aliphatic rings. The molecule has 2 rings (SSSR count). The van der Waals surface area contributed by atoms with Crippen LogP contribution in [0, 0.1) is 0 Å². The lowest BCUT2D eigenvalue weighted by molar-refractivity contribution is 0.0582. The van der Waals surface area contributed by atoms with Crippen molar-refractivity contribution >= 4 is 26.2 Å². The van der Waals surface area contributed by atoms with Crippen LogP contribution in [0.2, 0.25) is 6.04 Å². The molecule has 5 nitrogen and oxygen atoms in total. The van der Waals surface area contributed by atoms with Crippen LogP contribution in [0.5, 0.6) is 0 Å². The normalized spacial score (nSPS) is 18.4. The standard InChI is InChI=1S/C26H51NO4SSi/c1-4-19-29-33(30-20-5-2,31-21-6-3)23-14-13-22-28-26(32)27(24-15-9-7-10-16-24)25-17-11-8-12-18-25/h24-25H,4-23H2,1-3H3. The van der Waals surface area contributed by atoms with Crippen molar-refractivity contribution in [1.29, 1.82) is 0 Å². The van der Waals surface area contributed by atoms with Gasteiger partial charge in [0.1, 0.15) is 0 Å². The average molecular weight is 502 g/mol. The lowest BCUT2D eigenvalue weighted by Crippen LogP contribution is -2.49. The molecule has 0 heterocycles. The molecule has 0 unspecified atom stereocenters. The van der Waals surface area contributed by atoms with Gasteiger partial charge < -0.3 is 22.9 Å². The maximum atomic E-state index is 6.23. The van der Waals surface area contributed by atoms with Gasteiger partial charge in [0.25, 0.3) is 5.17 Å². The zero-order valence-electron chi connectivity index (χ0n) is 21.8. The van der Waals surface area contributed by atoms with Crippen molar-refractivity contribution in [2.24, 2.45) is 0 Å². The number of unbranched alkanes of at least 4 members (excludes halogenated alkanes) is 1. The van der Waals surface area contributed by atoms with E-state index < -0.39 is 8.80 Å². The summed E-state index contributed by atoms with van der Waals surface area (Å²) in [5.74, 6) is 0. The molecule has 2 saturated carbocycles. The topological polar surface area (TPSA) is 40.2 Å². The van der Waals surface area contributed by atoms with Gasteiger partial charge in [0.15, 0.2) is 0 Å². The number of thiocarbonyl (C=S) groups is 1. The highest BCUT2D eigenvalue weighted by atomic mass is 32.1. The second kappa shape index (κ2) is 17.3. The van der Waals surface area contributed by atoms with Gasteiger partial charge in [0.2, 0.25) is 0 Å². The van der Waals surface area contributed by atoms with Crippen LogP contribution in [-0.2, 0) is 18.0 Å². The molecule has 0 saturated heterocycles. The summed E-state index contributed by atoms with van der Waals surface area (Å²) in [6.07, 6.45) is 18.0. The SMILES string of the molecule is CCCO[Si](CCCCOC(=S)N(C1CCCCC1)C1CCCCC1)(OCCC)OCCC. The molecule has 0 atom stereocenters. The van der Waals surface area contributed by atoms with Gasteiger partial charge in [-0.15, -0.1) is 0 Å². The molecule has 0 aliphatic heterocycles. The number of rotatable bonds is 16. The van der Waals surface area contributed by atoms with E-state index in [-0.39, 0.29) is 0 Å². The summed E-state index contributed by atoms with van der Waals surface area (Å²) < 4.78 is 24.9. The van der Waals surface area contributed by atoms with Crippen LogP contribution in [-0.4, -0.2) is 57.4 Å².